The van der Waals surface area contributed by atoms with Gasteiger partial charge in [0.25, 0.3) is 5.91 Å². The molecule has 2 fully saturated rings. The first-order chi connectivity index (χ1) is 14.3. The number of aryl methyl sites for hydroxylation is 1. The van der Waals surface area contributed by atoms with Crippen LogP contribution in [0.5, 0.6) is 0 Å². The number of benzene rings is 2. The minimum absolute atomic E-state index is 0.159. The molecular weight excluding hydrogens is 395 g/mol. The first-order valence-corrected chi connectivity index (χ1v) is 9.95. The normalized spacial score (nSPS) is 20.9. The molecule has 2 aromatic rings. The van der Waals surface area contributed by atoms with E-state index in [-0.39, 0.29) is 18.2 Å². The lowest BCUT2D eigenvalue weighted by Crippen LogP contribution is -3.19. The number of quaternary nitrogens is 1. The van der Waals surface area contributed by atoms with Crippen molar-refractivity contribution in [3.8, 4) is 0 Å². The number of amides is 2. The van der Waals surface area contributed by atoms with Gasteiger partial charge in [0, 0.05) is 5.69 Å². The number of piperazine rings is 1. The van der Waals surface area contributed by atoms with Crippen molar-refractivity contribution in [1.82, 2.24) is 0 Å². The number of hydrogen-bond donors (Lipinski definition) is 1. The molecule has 0 aromatic heterocycles. The van der Waals surface area contributed by atoms with Gasteiger partial charge in [-0.2, -0.15) is 13.2 Å². The second-order valence-corrected chi connectivity index (χ2v) is 7.80. The molecule has 158 valence electrons. The van der Waals surface area contributed by atoms with E-state index in [0.29, 0.717) is 37.6 Å². The van der Waals surface area contributed by atoms with E-state index in [4.69, 9.17) is 0 Å². The molecule has 0 saturated carbocycles. The molecule has 0 spiro atoms. The van der Waals surface area contributed by atoms with E-state index < -0.39 is 17.8 Å². The third kappa shape index (κ3) is 3.79. The zero-order chi connectivity index (χ0) is 21.5. The van der Waals surface area contributed by atoms with Gasteiger partial charge in [-0.15, -0.1) is 0 Å². The van der Waals surface area contributed by atoms with E-state index >= 15 is 0 Å². The van der Waals surface area contributed by atoms with Crippen molar-refractivity contribution in [2.75, 3.05) is 36.0 Å². The van der Waals surface area contributed by atoms with Crippen molar-refractivity contribution in [3.05, 3.63) is 59.7 Å². The van der Waals surface area contributed by atoms with Crippen molar-refractivity contribution < 1.29 is 27.7 Å². The second kappa shape index (κ2) is 7.75. The molecule has 1 N–H and O–H groups in total. The van der Waals surface area contributed by atoms with Crippen molar-refractivity contribution in [3.63, 3.8) is 0 Å². The Morgan fingerprint density at radius 2 is 1.70 bits per heavy atom. The van der Waals surface area contributed by atoms with Crippen LogP contribution >= 0.6 is 0 Å². The zero-order valence-electron chi connectivity index (χ0n) is 16.6. The van der Waals surface area contributed by atoms with Crippen LogP contribution in [0, 0.1) is 6.92 Å². The van der Waals surface area contributed by atoms with Crippen LogP contribution in [-0.2, 0) is 15.8 Å². The fourth-order valence-corrected chi connectivity index (χ4v) is 4.30. The van der Waals surface area contributed by atoms with E-state index in [9.17, 15) is 22.8 Å². The summed E-state index contributed by atoms with van der Waals surface area (Å²) < 4.78 is 39.0. The minimum atomic E-state index is -4.38. The highest BCUT2D eigenvalue weighted by atomic mass is 19.4. The molecule has 0 bridgehead atoms. The summed E-state index contributed by atoms with van der Waals surface area (Å²) in [5.41, 5.74) is 1.35. The van der Waals surface area contributed by atoms with Crippen LogP contribution in [0.15, 0.2) is 48.5 Å². The molecule has 2 amide bonds. The number of rotatable bonds is 3. The maximum absolute atomic E-state index is 13.0. The van der Waals surface area contributed by atoms with Crippen LogP contribution in [-0.4, -0.2) is 44.0 Å². The van der Waals surface area contributed by atoms with E-state index in [2.05, 4.69) is 0 Å². The average molecular weight is 418 g/mol. The maximum atomic E-state index is 13.0. The summed E-state index contributed by atoms with van der Waals surface area (Å²) in [7, 11) is 0. The summed E-state index contributed by atoms with van der Waals surface area (Å²) in [6.45, 7) is 4.09. The van der Waals surface area contributed by atoms with Crippen LogP contribution < -0.4 is 14.7 Å². The Balaban J connectivity index is 1.44. The predicted molar refractivity (Wildman–Crippen MR) is 106 cm³/mol. The zero-order valence-corrected chi connectivity index (χ0v) is 16.6. The molecule has 2 aliphatic rings. The lowest BCUT2D eigenvalue weighted by atomic mass is 10.1. The van der Waals surface area contributed by atoms with E-state index in [1.54, 1.807) is 18.2 Å². The number of carbonyl (C=O) groups excluding carboxylic acids is 2. The van der Waals surface area contributed by atoms with Crippen molar-refractivity contribution in [2.24, 2.45) is 0 Å². The molecular formula is C22H23F3N3O2+. The smallest absolute Gasteiger partial charge is 0.360 e. The Bertz CT molecular complexity index is 968. The van der Waals surface area contributed by atoms with Gasteiger partial charge in [-0.1, -0.05) is 24.3 Å². The molecule has 0 unspecified atom stereocenters. The van der Waals surface area contributed by atoms with Crippen LogP contribution in [0.1, 0.15) is 17.5 Å². The third-order valence-electron chi connectivity index (χ3n) is 5.94. The average Bonchev–Trinajstić information content (AvgIpc) is 3.02. The van der Waals surface area contributed by atoms with Crippen LogP contribution in [0.2, 0.25) is 0 Å². The predicted octanol–water partition coefficient (Wildman–Crippen LogP) is 2.05. The number of anilines is 2. The van der Waals surface area contributed by atoms with Crippen LogP contribution in [0.3, 0.4) is 0 Å². The highest BCUT2D eigenvalue weighted by Gasteiger charge is 2.46. The quantitative estimate of drug-likeness (QED) is 0.777. The molecule has 2 aromatic carbocycles. The summed E-state index contributed by atoms with van der Waals surface area (Å²) in [5, 5.41) is 0. The maximum Gasteiger partial charge on any atom is 0.416 e. The highest BCUT2D eigenvalue weighted by molar-refractivity contribution is 6.22. The molecule has 30 heavy (non-hydrogen) atoms. The van der Waals surface area contributed by atoms with Crippen molar-refractivity contribution in [1.29, 1.82) is 0 Å². The largest absolute Gasteiger partial charge is 0.416 e. The highest BCUT2D eigenvalue weighted by Crippen LogP contribution is 2.31. The minimum Gasteiger partial charge on any atom is -0.360 e. The number of carbonyl (C=O) groups is 2. The molecule has 0 radical (unpaired) electrons. The molecule has 4 rings (SSSR count). The molecule has 1 atom stereocenters. The summed E-state index contributed by atoms with van der Waals surface area (Å²) >= 11 is 0. The fourth-order valence-electron chi connectivity index (χ4n) is 4.30. The number of imide groups is 1. The second-order valence-electron chi connectivity index (χ2n) is 7.80. The number of hydrogen-bond acceptors (Lipinski definition) is 3. The lowest BCUT2D eigenvalue weighted by molar-refractivity contribution is -0.915. The van der Waals surface area contributed by atoms with Gasteiger partial charge in [0.05, 0.1) is 43.9 Å². The molecule has 2 aliphatic heterocycles. The number of alkyl halides is 3. The van der Waals surface area contributed by atoms with E-state index in [0.717, 1.165) is 22.6 Å². The van der Waals surface area contributed by atoms with Crippen molar-refractivity contribution in [2.45, 2.75) is 25.6 Å². The fraction of sp³-hybridized carbons (Fsp3) is 0.364. The van der Waals surface area contributed by atoms with Gasteiger partial charge in [0.1, 0.15) is 0 Å². The Kier molecular flexibility index (Phi) is 5.27. The Morgan fingerprint density at radius 3 is 2.37 bits per heavy atom. The summed E-state index contributed by atoms with van der Waals surface area (Å²) in [6, 6.07) is 12.2. The first-order valence-electron chi connectivity index (χ1n) is 9.95. The molecule has 0 aliphatic carbocycles. The van der Waals surface area contributed by atoms with Crippen molar-refractivity contribution >= 4 is 23.2 Å². The van der Waals surface area contributed by atoms with Gasteiger partial charge < -0.3 is 9.80 Å². The Morgan fingerprint density at radius 1 is 1.00 bits per heavy atom. The van der Waals surface area contributed by atoms with Gasteiger partial charge in [-0.3, -0.25) is 9.59 Å². The van der Waals surface area contributed by atoms with Gasteiger partial charge in [-0.05, 0) is 36.8 Å². The van der Waals surface area contributed by atoms with Gasteiger partial charge in [0.2, 0.25) is 5.91 Å². The topological polar surface area (TPSA) is 45.1 Å². The standard InChI is InChI=1S/C22H22F3N3O2/c1-15-5-2-3-8-18(15)28-20(29)14-19(21(28)30)27-11-9-26(10-12-27)17-7-4-6-16(13-17)22(23,24)25/h2-8,13,19H,9-12,14H2,1H3/p+1/t19-/m0/s1. The molecule has 8 heteroatoms. The number of nitrogens with one attached hydrogen (secondary N) is 1. The number of para-hydroxylation sites is 1. The Hall–Kier alpha value is -2.87. The SMILES string of the molecule is Cc1ccccc1N1C(=O)C[C@H]([NH+]2CCN(c3cccc(C(F)(F)F)c3)CC2)C1=O. The van der Waals surface area contributed by atoms with E-state index in [1.807, 2.05) is 24.0 Å². The molecule has 2 heterocycles. The third-order valence-corrected chi connectivity index (χ3v) is 5.94. The van der Waals surface area contributed by atoms with Gasteiger partial charge in [0.15, 0.2) is 6.04 Å². The first kappa shape index (κ1) is 20.4. The van der Waals surface area contributed by atoms with Gasteiger partial charge in [-0.25, -0.2) is 4.90 Å². The summed E-state index contributed by atoms with van der Waals surface area (Å²) in [6.07, 6.45) is -4.22. The monoisotopic (exact) mass is 418 g/mol. The molecule has 5 nitrogen and oxygen atoms in total. The summed E-state index contributed by atoms with van der Waals surface area (Å²) in [5.74, 6) is -0.399. The number of nitrogens with zero attached hydrogens (tertiary/aromatic N) is 2. The van der Waals surface area contributed by atoms with E-state index in [1.165, 1.54) is 11.0 Å². The summed E-state index contributed by atoms with van der Waals surface area (Å²) in [4.78, 5) is 29.8. The lowest BCUT2D eigenvalue weighted by Gasteiger charge is -2.35. The number of halogens is 3. The van der Waals surface area contributed by atoms with Crippen LogP contribution in [0.4, 0.5) is 24.5 Å². The molecule has 2 saturated heterocycles. The Labute approximate surface area is 172 Å². The van der Waals surface area contributed by atoms with Crippen LogP contribution in [0.25, 0.3) is 0 Å². The van der Waals surface area contributed by atoms with Gasteiger partial charge >= 0.3 is 6.18 Å².